The molecule has 0 aliphatic rings. The Morgan fingerprint density at radius 3 is 0.903 bits per heavy atom. The first-order valence-corrected chi connectivity index (χ1v) is 30.2. The van der Waals surface area contributed by atoms with Crippen molar-refractivity contribution < 1.29 is 28.6 Å². The van der Waals surface area contributed by atoms with Crippen molar-refractivity contribution in [3.8, 4) is 0 Å². The van der Waals surface area contributed by atoms with Gasteiger partial charge in [0.15, 0.2) is 6.10 Å². The molecule has 0 saturated heterocycles. The molecular formula is C66H112O6. The molecule has 0 N–H and O–H groups in total. The molecule has 72 heavy (non-hydrogen) atoms. The normalized spacial score (nSPS) is 12.8. The number of hydrogen-bond acceptors (Lipinski definition) is 6. The van der Waals surface area contributed by atoms with E-state index in [0.717, 1.165) is 122 Å². The van der Waals surface area contributed by atoms with Crippen LogP contribution in [0.4, 0.5) is 0 Å². The van der Waals surface area contributed by atoms with E-state index in [0.29, 0.717) is 19.3 Å². The van der Waals surface area contributed by atoms with Gasteiger partial charge >= 0.3 is 17.9 Å². The van der Waals surface area contributed by atoms with Crippen LogP contribution in [-0.2, 0) is 28.6 Å². The van der Waals surface area contributed by atoms with Crippen LogP contribution in [0, 0.1) is 0 Å². The maximum Gasteiger partial charge on any atom is 0.306 e. The van der Waals surface area contributed by atoms with Crippen molar-refractivity contribution in [2.24, 2.45) is 0 Å². The largest absolute Gasteiger partial charge is 0.462 e. The SMILES string of the molecule is CC/C=C\C/C=C\C/C=C\C/C=C\C/C=C\C/C=C\CCCCCCCCCCC(=O)OCC(COC(=O)CCCCCCC/C=C\CCCC)OC(=O)CCCCCCC/C=C\CCCCCCCCC. The molecule has 0 bridgehead atoms. The second kappa shape index (κ2) is 59.9. The van der Waals surface area contributed by atoms with E-state index in [-0.39, 0.29) is 31.1 Å². The van der Waals surface area contributed by atoms with Gasteiger partial charge in [-0.1, -0.05) is 246 Å². The van der Waals surface area contributed by atoms with Crippen LogP contribution >= 0.6 is 0 Å². The summed E-state index contributed by atoms with van der Waals surface area (Å²) >= 11 is 0. The highest BCUT2D eigenvalue weighted by Crippen LogP contribution is 2.15. The van der Waals surface area contributed by atoms with E-state index in [1.165, 1.54) is 122 Å². The molecule has 6 nitrogen and oxygen atoms in total. The molecule has 0 heterocycles. The number of rotatable bonds is 54. The van der Waals surface area contributed by atoms with Gasteiger partial charge in [0.05, 0.1) is 0 Å². The van der Waals surface area contributed by atoms with Crippen molar-refractivity contribution >= 4 is 17.9 Å². The molecule has 0 spiro atoms. The second-order valence-corrected chi connectivity index (χ2v) is 19.9. The summed E-state index contributed by atoms with van der Waals surface area (Å²) in [5.41, 5.74) is 0. The fraction of sp³-hybridized carbons (Fsp3) is 0.712. The summed E-state index contributed by atoms with van der Waals surface area (Å²) in [4.78, 5) is 38.1. The van der Waals surface area contributed by atoms with Crippen LogP contribution in [0.15, 0.2) is 97.2 Å². The molecule has 0 amide bonds. The molecule has 0 radical (unpaired) electrons. The molecule has 0 aromatic carbocycles. The number of esters is 3. The molecule has 0 saturated carbocycles. The summed E-state index contributed by atoms with van der Waals surface area (Å²) in [6.07, 6.45) is 79.8. The molecule has 412 valence electrons. The Morgan fingerprint density at radius 1 is 0.292 bits per heavy atom. The third-order valence-electron chi connectivity index (χ3n) is 12.8. The van der Waals surface area contributed by atoms with E-state index in [9.17, 15) is 14.4 Å². The molecule has 6 heteroatoms. The Hall–Kier alpha value is -3.67. The van der Waals surface area contributed by atoms with Gasteiger partial charge in [0.25, 0.3) is 0 Å². The van der Waals surface area contributed by atoms with E-state index in [1.54, 1.807) is 0 Å². The van der Waals surface area contributed by atoms with Gasteiger partial charge in [-0.15, -0.1) is 0 Å². The number of allylic oxidation sites excluding steroid dienone is 16. The number of unbranched alkanes of at least 4 members (excludes halogenated alkanes) is 27. The Balaban J connectivity index is 4.30. The highest BCUT2D eigenvalue weighted by atomic mass is 16.6. The number of carbonyl (C=O) groups excluding carboxylic acids is 3. The van der Waals surface area contributed by atoms with Crippen molar-refractivity contribution in [3.63, 3.8) is 0 Å². The zero-order valence-electron chi connectivity index (χ0n) is 47.2. The molecule has 0 rings (SSSR count). The highest BCUT2D eigenvalue weighted by molar-refractivity contribution is 5.71. The lowest BCUT2D eigenvalue weighted by Gasteiger charge is -2.18. The van der Waals surface area contributed by atoms with Crippen molar-refractivity contribution in [2.75, 3.05) is 13.2 Å². The van der Waals surface area contributed by atoms with Crippen molar-refractivity contribution in [1.82, 2.24) is 0 Å². The van der Waals surface area contributed by atoms with Crippen LogP contribution in [0.5, 0.6) is 0 Å². The molecule has 0 aromatic rings. The van der Waals surface area contributed by atoms with Gasteiger partial charge in [-0.05, 0) is 116 Å². The molecule has 0 aliphatic heterocycles. The maximum atomic E-state index is 12.9. The van der Waals surface area contributed by atoms with Crippen molar-refractivity contribution in [3.05, 3.63) is 97.2 Å². The van der Waals surface area contributed by atoms with E-state index >= 15 is 0 Å². The van der Waals surface area contributed by atoms with Crippen LogP contribution in [0.25, 0.3) is 0 Å². The Labute approximate surface area is 445 Å². The van der Waals surface area contributed by atoms with Crippen LogP contribution in [0.2, 0.25) is 0 Å². The van der Waals surface area contributed by atoms with E-state index in [1.807, 2.05) is 0 Å². The lowest BCUT2D eigenvalue weighted by molar-refractivity contribution is -0.167. The second-order valence-electron chi connectivity index (χ2n) is 19.9. The minimum atomic E-state index is -0.789. The average molecular weight is 1000 g/mol. The van der Waals surface area contributed by atoms with Gasteiger partial charge in [-0.25, -0.2) is 0 Å². The lowest BCUT2D eigenvalue weighted by atomic mass is 10.1. The first kappa shape index (κ1) is 68.3. The minimum Gasteiger partial charge on any atom is -0.462 e. The van der Waals surface area contributed by atoms with Gasteiger partial charge in [-0.3, -0.25) is 14.4 Å². The zero-order valence-corrected chi connectivity index (χ0v) is 47.2. The van der Waals surface area contributed by atoms with Gasteiger partial charge in [-0.2, -0.15) is 0 Å². The molecule has 1 atom stereocenters. The summed E-state index contributed by atoms with van der Waals surface area (Å²) in [5, 5.41) is 0. The first-order chi connectivity index (χ1) is 35.5. The Kier molecular flexibility index (Phi) is 56.8. The maximum absolute atomic E-state index is 12.9. The molecule has 0 fully saturated rings. The molecule has 0 aromatic heterocycles. The van der Waals surface area contributed by atoms with E-state index in [2.05, 4.69) is 118 Å². The van der Waals surface area contributed by atoms with Crippen molar-refractivity contribution in [2.45, 2.75) is 290 Å². The van der Waals surface area contributed by atoms with Crippen LogP contribution in [0.1, 0.15) is 284 Å². The summed E-state index contributed by atoms with van der Waals surface area (Å²) in [5.74, 6) is -0.908. The summed E-state index contributed by atoms with van der Waals surface area (Å²) in [6, 6.07) is 0. The summed E-state index contributed by atoms with van der Waals surface area (Å²) < 4.78 is 16.8. The highest BCUT2D eigenvalue weighted by Gasteiger charge is 2.19. The average Bonchev–Trinajstić information content (AvgIpc) is 3.38. The third kappa shape index (κ3) is 57.2. The fourth-order valence-corrected chi connectivity index (χ4v) is 8.25. The summed E-state index contributed by atoms with van der Waals surface area (Å²) in [6.45, 7) is 6.47. The Bertz CT molecular complexity index is 1430. The van der Waals surface area contributed by atoms with E-state index in [4.69, 9.17) is 14.2 Å². The van der Waals surface area contributed by atoms with Gasteiger partial charge in [0, 0.05) is 19.3 Å². The number of carbonyl (C=O) groups is 3. The standard InChI is InChI=1S/C66H112O6/c1-4-7-10-13-16-19-22-24-26-28-29-30-31-32-33-34-35-36-37-38-40-41-44-47-50-53-56-59-65(68)71-62-63(61-70-64(67)58-55-52-49-46-43-21-18-15-12-9-6-3)72-66(69)60-57-54-51-48-45-42-39-27-25-23-20-17-14-11-8-5-2/h7,10,15-16,18-19,24,26-27,29-30,32-33,35-36,39,63H,4-6,8-9,11-14,17,20-23,25,28,31,34,37-38,40-62H2,1-3H3/b10-7-,18-15-,19-16-,26-24-,30-29-,33-32-,36-35-,39-27-. The molecular weight excluding hydrogens is 889 g/mol. The predicted molar refractivity (Wildman–Crippen MR) is 311 cm³/mol. The Morgan fingerprint density at radius 2 is 0.556 bits per heavy atom. The molecule has 0 aliphatic carbocycles. The lowest BCUT2D eigenvalue weighted by Crippen LogP contribution is -2.30. The topological polar surface area (TPSA) is 78.9 Å². The number of hydrogen-bond donors (Lipinski definition) is 0. The predicted octanol–water partition coefficient (Wildman–Crippen LogP) is 20.5. The van der Waals surface area contributed by atoms with Gasteiger partial charge < -0.3 is 14.2 Å². The van der Waals surface area contributed by atoms with Gasteiger partial charge in [0.1, 0.15) is 13.2 Å². The monoisotopic (exact) mass is 1000 g/mol. The van der Waals surface area contributed by atoms with Crippen LogP contribution in [0.3, 0.4) is 0 Å². The van der Waals surface area contributed by atoms with Crippen LogP contribution < -0.4 is 0 Å². The third-order valence-corrected chi connectivity index (χ3v) is 12.8. The van der Waals surface area contributed by atoms with Crippen molar-refractivity contribution in [1.29, 1.82) is 0 Å². The summed E-state index contributed by atoms with van der Waals surface area (Å²) in [7, 11) is 0. The molecule has 1 unspecified atom stereocenters. The fourth-order valence-electron chi connectivity index (χ4n) is 8.25. The quantitative estimate of drug-likeness (QED) is 0.0261. The van der Waals surface area contributed by atoms with E-state index < -0.39 is 6.10 Å². The zero-order chi connectivity index (χ0) is 52.2. The number of ether oxygens (including phenoxy) is 3. The van der Waals surface area contributed by atoms with Gasteiger partial charge in [0.2, 0.25) is 0 Å². The first-order valence-electron chi connectivity index (χ1n) is 30.2. The minimum absolute atomic E-state index is 0.0872. The smallest absolute Gasteiger partial charge is 0.306 e. The van der Waals surface area contributed by atoms with Crippen LogP contribution in [-0.4, -0.2) is 37.2 Å².